The number of nitrogens with zero attached hydrogens (tertiary/aromatic N) is 1. The molecule has 1 heterocycles. The molecular formula is C13H15NO6. The third-order valence-electron chi connectivity index (χ3n) is 2.94. The minimum absolute atomic E-state index is 0.0643. The molecule has 1 aliphatic rings. The molecule has 0 aliphatic carbocycles. The first-order valence-electron chi connectivity index (χ1n) is 6.15. The van der Waals surface area contributed by atoms with Crippen LogP contribution in [0.5, 0.6) is 0 Å². The molecule has 0 amide bonds. The van der Waals surface area contributed by atoms with Crippen LogP contribution in [0.4, 0.5) is 0 Å². The lowest BCUT2D eigenvalue weighted by Gasteiger charge is -2.21. The van der Waals surface area contributed by atoms with Gasteiger partial charge in [-0.2, -0.15) is 0 Å². The molecule has 0 bridgehead atoms. The van der Waals surface area contributed by atoms with E-state index in [0.29, 0.717) is 5.56 Å². The van der Waals surface area contributed by atoms with Crippen molar-refractivity contribution in [1.29, 1.82) is 0 Å². The molecule has 0 saturated heterocycles. The van der Waals surface area contributed by atoms with Crippen LogP contribution in [0.3, 0.4) is 0 Å². The van der Waals surface area contributed by atoms with E-state index < -0.39 is 30.0 Å². The van der Waals surface area contributed by atoms with Crippen molar-refractivity contribution in [2.45, 2.75) is 25.2 Å². The summed E-state index contributed by atoms with van der Waals surface area (Å²) in [6.45, 7) is 1.64. The molecule has 0 unspecified atom stereocenters. The van der Waals surface area contributed by atoms with E-state index in [0.717, 1.165) is 0 Å². The smallest absolute Gasteiger partial charge is 0.408 e. The van der Waals surface area contributed by atoms with Crippen LogP contribution in [0.25, 0.3) is 0 Å². The summed E-state index contributed by atoms with van der Waals surface area (Å²) in [6.07, 6.45) is -4.05. The summed E-state index contributed by atoms with van der Waals surface area (Å²) in [7, 11) is 0. The zero-order valence-corrected chi connectivity index (χ0v) is 10.8. The first-order chi connectivity index (χ1) is 9.56. The number of rotatable bonds is 4. The Morgan fingerprint density at radius 3 is 2.75 bits per heavy atom. The molecule has 0 spiro atoms. The number of ether oxygens (including phenoxy) is 1. The maximum atomic E-state index is 11.5. The predicted molar refractivity (Wildman–Crippen MR) is 67.5 cm³/mol. The van der Waals surface area contributed by atoms with Crippen LogP contribution >= 0.6 is 0 Å². The van der Waals surface area contributed by atoms with E-state index in [1.165, 1.54) is 0 Å². The molecule has 0 fully saturated rings. The summed E-state index contributed by atoms with van der Waals surface area (Å²) in [5, 5.41) is 31.6. The van der Waals surface area contributed by atoms with Gasteiger partial charge in [0.05, 0.1) is 17.6 Å². The Bertz CT molecular complexity index is 515. The molecule has 0 radical (unpaired) electrons. The Morgan fingerprint density at radius 2 is 2.15 bits per heavy atom. The van der Waals surface area contributed by atoms with Crippen LogP contribution in [0.15, 0.2) is 30.3 Å². The minimum atomic E-state index is -1.55. The first-order valence-corrected chi connectivity index (χ1v) is 6.15. The Morgan fingerprint density at radius 1 is 1.50 bits per heavy atom. The van der Waals surface area contributed by atoms with Crippen LogP contribution < -0.4 is 0 Å². The fourth-order valence-corrected chi connectivity index (χ4v) is 1.96. The van der Waals surface area contributed by atoms with E-state index in [-0.39, 0.29) is 11.5 Å². The van der Waals surface area contributed by atoms with Crippen LogP contribution in [0.1, 0.15) is 18.6 Å². The summed E-state index contributed by atoms with van der Waals surface area (Å²) < 4.78 is 4.66. The number of carbonyl (C=O) groups is 1. The molecule has 2 rings (SSSR count). The van der Waals surface area contributed by atoms with E-state index in [4.69, 9.17) is 4.84 Å². The predicted octanol–water partition coefficient (Wildman–Crippen LogP) is -0.0909. The van der Waals surface area contributed by atoms with Crippen LogP contribution in [-0.2, 0) is 14.4 Å². The van der Waals surface area contributed by atoms with Gasteiger partial charge in [0, 0.05) is 0 Å². The van der Waals surface area contributed by atoms with Gasteiger partial charge in [-0.1, -0.05) is 30.3 Å². The highest BCUT2D eigenvalue weighted by molar-refractivity contribution is 6.36. The number of esters is 1. The van der Waals surface area contributed by atoms with Crippen molar-refractivity contribution in [2.24, 2.45) is 0 Å². The summed E-state index contributed by atoms with van der Waals surface area (Å²) in [5.74, 6) is -0.960. The van der Waals surface area contributed by atoms with Crippen molar-refractivity contribution >= 4 is 11.7 Å². The Kier molecular flexibility index (Phi) is 4.21. The largest absolute Gasteiger partial charge is 0.458 e. The van der Waals surface area contributed by atoms with Gasteiger partial charge in [-0.15, -0.1) is 0 Å². The third-order valence-corrected chi connectivity index (χ3v) is 2.94. The molecule has 1 aromatic rings. The topological polar surface area (TPSA) is 102 Å². The average Bonchev–Trinajstić information content (AvgIpc) is 2.74. The van der Waals surface area contributed by atoms with E-state index in [1.807, 2.05) is 0 Å². The minimum Gasteiger partial charge on any atom is -0.458 e. The lowest BCUT2D eigenvalue weighted by atomic mass is 9.98. The van der Waals surface area contributed by atoms with Gasteiger partial charge in [0.1, 0.15) is 6.10 Å². The number of aliphatic hydroxyl groups is 2. The Hall–Kier alpha value is -2.12. The molecule has 0 saturated carbocycles. The molecule has 1 aliphatic heterocycles. The summed E-state index contributed by atoms with van der Waals surface area (Å²) >= 11 is 0. The van der Waals surface area contributed by atoms with Crippen molar-refractivity contribution in [3.8, 4) is 0 Å². The van der Waals surface area contributed by atoms with Gasteiger partial charge in [-0.3, -0.25) is 5.21 Å². The van der Waals surface area contributed by atoms with Crippen LogP contribution in [-0.4, -0.2) is 45.6 Å². The van der Waals surface area contributed by atoms with Crippen LogP contribution in [0.2, 0.25) is 0 Å². The molecule has 2 N–H and O–H groups in total. The molecule has 0 aromatic heterocycles. The maximum absolute atomic E-state index is 11.5. The van der Waals surface area contributed by atoms with Gasteiger partial charge in [0.15, 0.2) is 6.10 Å². The van der Waals surface area contributed by atoms with Crippen molar-refractivity contribution in [3.05, 3.63) is 41.1 Å². The third kappa shape index (κ3) is 2.59. The van der Waals surface area contributed by atoms with Crippen molar-refractivity contribution < 1.29 is 29.5 Å². The van der Waals surface area contributed by atoms with E-state index in [2.05, 4.69) is 4.74 Å². The van der Waals surface area contributed by atoms with Crippen molar-refractivity contribution in [1.82, 2.24) is 0 Å². The number of carbonyl (C=O) groups excluding carboxylic acids is 1. The lowest BCUT2D eigenvalue weighted by molar-refractivity contribution is -0.742. The van der Waals surface area contributed by atoms with Gasteiger partial charge >= 0.3 is 11.7 Å². The second-order valence-corrected chi connectivity index (χ2v) is 4.23. The standard InChI is InChI=1S/C13H15NO6/c1-2-19-13(17)9-11(16)12(20-14(9)18)10(15)8-6-4-3-5-7-8/h3-7,10-12,15-16H,2H2,1H3/t10-,11+,12-/m0/s1. The van der Waals surface area contributed by atoms with Crippen molar-refractivity contribution in [3.63, 3.8) is 0 Å². The second kappa shape index (κ2) is 5.89. The quantitative estimate of drug-likeness (QED) is 0.590. The van der Waals surface area contributed by atoms with Gasteiger partial charge in [0.25, 0.3) is 0 Å². The number of hydrogen-bond donors (Lipinski definition) is 2. The van der Waals surface area contributed by atoms with Gasteiger partial charge in [-0.05, 0) is 12.5 Å². The highest BCUT2D eigenvalue weighted by Crippen LogP contribution is 2.26. The molecule has 20 heavy (non-hydrogen) atoms. The first kappa shape index (κ1) is 14.3. The maximum Gasteiger partial charge on any atom is 0.408 e. The summed E-state index contributed by atoms with van der Waals surface area (Å²) in [5.41, 5.74) is -0.0955. The molecular weight excluding hydrogens is 266 g/mol. The SMILES string of the molecule is CCOC(=O)C1=[N+]([O-])O[C@@H]([C@@H](O)c2ccccc2)[C@@H]1O. The lowest BCUT2D eigenvalue weighted by Crippen LogP contribution is -2.38. The van der Waals surface area contributed by atoms with Gasteiger partial charge in [-0.25, -0.2) is 4.79 Å². The highest BCUT2D eigenvalue weighted by atomic mass is 16.9. The zero-order valence-electron chi connectivity index (χ0n) is 10.8. The molecule has 3 atom stereocenters. The van der Waals surface area contributed by atoms with Crippen molar-refractivity contribution in [2.75, 3.05) is 6.61 Å². The Labute approximate surface area is 115 Å². The molecule has 7 nitrogen and oxygen atoms in total. The number of aliphatic hydroxyl groups excluding tert-OH is 2. The molecule has 7 heteroatoms. The summed E-state index contributed by atoms with van der Waals surface area (Å²) in [4.78, 5) is 16.3. The Balaban J connectivity index is 2.17. The van der Waals surface area contributed by atoms with Gasteiger partial charge < -0.3 is 19.8 Å². The second-order valence-electron chi connectivity index (χ2n) is 4.23. The fourth-order valence-electron chi connectivity index (χ4n) is 1.96. The molecule has 108 valence electrons. The van der Waals surface area contributed by atoms with Gasteiger partial charge in [0.2, 0.25) is 0 Å². The monoisotopic (exact) mass is 281 g/mol. The van der Waals surface area contributed by atoms with E-state index in [1.54, 1.807) is 37.3 Å². The average molecular weight is 281 g/mol. The van der Waals surface area contributed by atoms with E-state index in [9.17, 15) is 20.2 Å². The number of hydrogen-bond acceptors (Lipinski definition) is 6. The zero-order chi connectivity index (χ0) is 14.7. The number of benzene rings is 1. The highest BCUT2D eigenvalue weighted by Gasteiger charge is 2.47. The summed E-state index contributed by atoms with van der Waals surface area (Å²) in [6, 6.07) is 8.41. The van der Waals surface area contributed by atoms with E-state index >= 15 is 0 Å². The fraction of sp³-hybridized carbons (Fsp3) is 0.385. The normalized spacial score (nSPS) is 23.4. The van der Waals surface area contributed by atoms with Crippen LogP contribution in [0, 0.1) is 5.21 Å². The molecule has 1 aromatic carbocycles.